The van der Waals surface area contributed by atoms with Gasteiger partial charge in [-0.1, -0.05) is 0 Å². The Labute approximate surface area is 160 Å². The van der Waals surface area contributed by atoms with Crippen molar-refractivity contribution in [3.63, 3.8) is 0 Å². The molecule has 2 aromatic carbocycles. The molecule has 25 heavy (non-hydrogen) atoms. The van der Waals surface area contributed by atoms with Gasteiger partial charge in [-0.15, -0.1) is 0 Å². The number of nitrogens with zero attached hydrogens (tertiary/aromatic N) is 3. The predicted molar refractivity (Wildman–Crippen MR) is 108 cm³/mol. The molecule has 0 aliphatic heterocycles. The minimum absolute atomic E-state index is 0.116. The SMILES string of the molecule is COc1cccc([C@H](C)SC)c1[Se]C[C@](C)(N=[N+]=[N-])c1ccccc1. The third-order valence-electron chi connectivity index (χ3n) is 4.18. The quantitative estimate of drug-likeness (QED) is 0.258. The van der Waals surface area contributed by atoms with Gasteiger partial charge in [0.05, 0.1) is 0 Å². The first-order valence-corrected chi connectivity index (χ1v) is 11.4. The molecule has 0 aliphatic carbocycles. The third kappa shape index (κ3) is 4.74. The van der Waals surface area contributed by atoms with Crippen molar-refractivity contribution >= 4 is 31.2 Å². The number of benzene rings is 2. The third-order valence-corrected chi connectivity index (χ3v) is 8.14. The standard InChI is InChI=1S/C19H23N3OSSe/c1-14(24-4)16-11-8-12-17(23-3)18(16)25-13-19(2,21-22-20)15-9-6-5-7-10-15/h5-12,14H,13H2,1-4H3/t14-,19-/m0/s1. The molecule has 0 radical (unpaired) electrons. The number of thioether (sulfide) groups is 1. The van der Waals surface area contributed by atoms with Crippen LogP contribution in [-0.2, 0) is 5.54 Å². The van der Waals surface area contributed by atoms with Crippen molar-refractivity contribution in [3.8, 4) is 5.75 Å². The van der Waals surface area contributed by atoms with Gasteiger partial charge in [0, 0.05) is 0 Å². The second-order valence-corrected chi connectivity index (χ2v) is 9.12. The van der Waals surface area contributed by atoms with Gasteiger partial charge >= 0.3 is 160 Å². The fourth-order valence-corrected chi connectivity index (χ4v) is 6.04. The normalized spacial score (nSPS) is 14.2. The van der Waals surface area contributed by atoms with Gasteiger partial charge in [0.1, 0.15) is 0 Å². The van der Waals surface area contributed by atoms with Crippen LogP contribution in [-0.4, -0.2) is 28.3 Å². The zero-order valence-corrected chi connectivity index (χ0v) is 17.5. The van der Waals surface area contributed by atoms with Gasteiger partial charge in [-0.2, -0.15) is 0 Å². The summed E-state index contributed by atoms with van der Waals surface area (Å²) in [4.78, 5) is 3.11. The minimum atomic E-state index is -0.559. The maximum atomic E-state index is 9.08. The number of hydrogen-bond acceptors (Lipinski definition) is 3. The summed E-state index contributed by atoms with van der Waals surface area (Å²) in [7, 11) is 1.71. The summed E-state index contributed by atoms with van der Waals surface area (Å²) in [6.07, 6.45) is 2.12. The zero-order chi connectivity index (χ0) is 18.3. The van der Waals surface area contributed by atoms with Crippen LogP contribution >= 0.6 is 11.8 Å². The van der Waals surface area contributed by atoms with Crippen LogP contribution < -0.4 is 9.20 Å². The van der Waals surface area contributed by atoms with E-state index in [0.717, 1.165) is 16.6 Å². The van der Waals surface area contributed by atoms with E-state index in [0.29, 0.717) is 5.25 Å². The topological polar surface area (TPSA) is 58.0 Å². The van der Waals surface area contributed by atoms with Gasteiger partial charge in [-0.25, -0.2) is 0 Å². The summed E-state index contributed by atoms with van der Waals surface area (Å²) in [5.74, 6) is 0.926. The van der Waals surface area contributed by atoms with E-state index in [1.165, 1.54) is 10.0 Å². The van der Waals surface area contributed by atoms with Crippen LogP contribution in [0.2, 0.25) is 5.32 Å². The summed E-state index contributed by atoms with van der Waals surface area (Å²) in [5, 5.41) is 5.32. The van der Waals surface area contributed by atoms with E-state index in [1.54, 1.807) is 7.11 Å². The molecule has 6 heteroatoms. The molecule has 0 spiro atoms. The Morgan fingerprint density at radius 3 is 2.56 bits per heavy atom. The zero-order valence-electron chi connectivity index (χ0n) is 15.0. The average Bonchev–Trinajstić information content (AvgIpc) is 2.66. The van der Waals surface area contributed by atoms with Crippen molar-refractivity contribution in [3.05, 3.63) is 70.1 Å². The molecule has 0 saturated carbocycles. The summed E-state index contributed by atoms with van der Waals surface area (Å²) in [6, 6.07) is 16.2. The number of ether oxygens (including phenoxy) is 1. The molecule has 0 heterocycles. The van der Waals surface area contributed by atoms with Crippen molar-refractivity contribution in [2.45, 2.75) is 30.0 Å². The van der Waals surface area contributed by atoms with Crippen molar-refractivity contribution < 1.29 is 4.74 Å². The number of methoxy groups -OCH3 is 1. The first-order valence-electron chi connectivity index (χ1n) is 8.00. The van der Waals surface area contributed by atoms with Crippen LogP contribution in [0.5, 0.6) is 5.75 Å². The molecule has 0 saturated heterocycles. The fourth-order valence-electron chi connectivity index (χ4n) is 2.57. The Bertz CT molecular complexity index is 750. The van der Waals surface area contributed by atoms with E-state index in [9.17, 15) is 0 Å². The molecule has 2 aromatic rings. The van der Waals surface area contributed by atoms with Gasteiger partial charge in [0.15, 0.2) is 0 Å². The van der Waals surface area contributed by atoms with E-state index >= 15 is 0 Å². The molecule has 2 atom stereocenters. The Hall–Kier alpha value is -1.58. The van der Waals surface area contributed by atoms with Crippen LogP contribution in [0.3, 0.4) is 0 Å². The van der Waals surface area contributed by atoms with Crippen molar-refractivity contribution in [1.29, 1.82) is 0 Å². The van der Waals surface area contributed by atoms with Gasteiger partial charge in [0.25, 0.3) is 0 Å². The molecule has 0 unspecified atom stereocenters. The summed E-state index contributed by atoms with van der Waals surface area (Å²) < 4.78 is 6.87. The van der Waals surface area contributed by atoms with Gasteiger partial charge in [-0.05, 0) is 0 Å². The molecule has 0 bridgehead atoms. The van der Waals surface area contributed by atoms with Crippen molar-refractivity contribution in [1.82, 2.24) is 0 Å². The fraction of sp³-hybridized carbons (Fsp3) is 0.368. The van der Waals surface area contributed by atoms with E-state index < -0.39 is 5.54 Å². The van der Waals surface area contributed by atoms with Crippen LogP contribution in [0.15, 0.2) is 53.6 Å². The predicted octanol–water partition coefficient (Wildman–Crippen LogP) is 5.09. The second kappa shape index (κ2) is 9.21. The number of rotatable bonds is 8. The molecule has 0 fully saturated rings. The van der Waals surface area contributed by atoms with Crippen molar-refractivity contribution in [2.24, 2.45) is 5.11 Å². The van der Waals surface area contributed by atoms with Gasteiger partial charge in [-0.3, -0.25) is 0 Å². The van der Waals surface area contributed by atoms with E-state index in [-0.39, 0.29) is 15.0 Å². The summed E-state index contributed by atoms with van der Waals surface area (Å²) in [6.45, 7) is 4.22. The molecule has 4 nitrogen and oxygen atoms in total. The monoisotopic (exact) mass is 421 g/mol. The summed E-state index contributed by atoms with van der Waals surface area (Å²) >= 11 is 1.94. The van der Waals surface area contributed by atoms with E-state index in [1.807, 2.05) is 61.2 Å². The maximum absolute atomic E-state index is 9.08. The Balaban J connectivity index is 2.37. The molecule has 0 aromatic heterocycles. The summed E-state index contributed by atoms with van der Waals surface area (Å²) in [5.41, 5.74) is 10.9. The molecular weight excluding hydrogens is 397 g/mol. The molecular formula is C19H23N3OSSe. The number of azide groups is 1. The van der Waals surface area contributed by atoms with E-state index in [4.69, 9.17) is 10.3 Å². The van der Waals surface area contributed by atoms with Crippen LogP contribution in [0, 0.1) is 0 Å². The molecule has 132 valence electrons. The van der Waals surface area contributed by atoms with Gasteiger partial charge in [0.2, 0.25) is 0 Å². The van der Waals surface area contributed by atoms with E-state index in [2.05, 4.69) is 29.3 Å². The van der Waals surface area contributed by atoms with Crippen LogP contribution in [0.4, 0.5) is 0 Å². The molecule has 2 rings (SSSR count). The second-order valence-electron chi connectivity index (χ2n) is 5.87. The number of hydrogen-bond donors (Lipinski definition) is 0. The first kappa shape index (κ1) is 19.7. The Morgan fingerprint density at radius 1 is 1.24 bits per heavy atom. The Kier molecular flexibility index (Phi) is 7.27. The molecule has 0 amide bonds. The first-order chi connectivity index (χ1) is 12.1. The molecule has 0 aliphatic rings. The van der Waals surface area contributed by atoms with Gasteiger partial charge < -0.3 is 0 Å². The van der Waals surface area contributed by atoms with Crippen LogP contribution in [0.1, 0.15) is 30.2 Å². The van der Waals surface area contributed by atoms with Crippen LogP contribution in [0.25, 0.3) is 10.4 Å². The van der Waals surface area contributed by atoms with Crippen molar-refractivity contribution in [2.75, 3.05) is 13.4 Å². The Morgan fingerprint density at radius 2 is 1.96 bits per heavy atom. The average molecular weight is 420 g/mol. The molecule has 0 N–H and O–H groups in total.